The van der Waals surface area contributed by atoms with Gasteiger partial charge in [0.1, 0.15) is 34.5 Å². The monoisotopic (exact) mass is 937 g/mol. The van der Waals surface area contributed by atoms with Crippen LogP contribution in [0.4, 0.5) is 11.4 Å². The Hall–Kier alpha value is -4.32. The molecule has 16 fully saturated rings. The molecule has 0 aromatic heterocycles. The molecule has 0 heterocycles. The largest absolute Gasteiger partial charge is 0.506 e. The number of anilines is 2. The minimum atomic E-state index is 0.0307. The van der Waals surface area contributed by atoms with Gasteiger partial charge in [-0.3, -0.25) is 0 Å². The van der Waals surface area contributed by atoms with E-state index in [1.54, 1.807) is 24.3 Å². The summed E-state index contributed by atoms with van der Waals surface area (Å²) in [5.74, 6) is 11.8. The lowest BCUT2D eigenvalue weighted by molar-refractivity contribution is -0.205. The zero-order valence-corrected chi connectivity index (χ0v) is 41.5. The molecule has 4 unspecified atom stereocenters. The van der Waals surface area contributed by atoms with E-state index in [9.17, 15) is 10.2 Å². The summed E-state index contributed by atoms with van der Waals surface area (Å²) in [6.07, 6.45) is 34.7. The SMILES string of the molecule is Nc1ccc(Oc2ccc(C34CC5CC(C3)CC(C36CC7CC(CC(C7)C3)C6)(C5)C4)cc2-c2cc(C34CC5CC(C3)CC(C36CC7CC(CC(C7)C3)C6)(C5)C4)ccc2Oc2ccc(N)c(O)c2)cc1O. The number of ether oxygens (including phenoxy) is 2. The number of nitrogen functional groups attached to an aromatic ring is 2. The molecular weight excluding hydrogens is 861 g/mol. The van der Waals surface area contributed by atoms with Gasteiger partial charge in [0.2, 0.25) is 0 Å². The number of aromatic hydroxyl groups is 2. The number of rotatable bonds is 9. The third kappa shape index (κ3) is 6.03. The van der Waals surface area contributed by atoms with E-state index in [4.69, 9.17) is 20.9 Å². The third-order valence-electron chi connectivity index (χ3n) is 24.4. The third-order valence-corrected chi connectivity index (χ3v) is 24.4. The van der Waals surface area contributed by atoms with Gasteiger partial charge in [0.15, 0.2) is 0 Å². The highest BCUT2D eigenvalue weighted by molar-refractivity contribution is 5.79. The van der Waals surface area contributed by atoms with Crippen molar-refractivity contribution in [3.63, 3.8) is 0 Å². The van der Waals surface area contributed by atoms with Crippen LogP contribution >= 0.6 is 0 Å². The van der Waals surface area contributed by atoms with Crippen LogP contribution in [0.5, 0.6) is 34.5 Å². The summed E-state index contributed by atoms with van der Waals surface area (Å²) in [5.41, 5.74) is 20.4. The number of phenolic OH excluding ortho intramolecular Hbond substituents is 2. The molecule has 16 aliphatic carbocycles. The van der Waals surface area contributed by atoms with Gasteiger partial charge in [-0.15, -0.1) is 0 Å². The molecule has 366 valence electrons. The topological polar surface area (TPSA) is 111 Å². The van der Waals surface area contributed by atoms with Crippen molar-refractivity contribution in [1.29, 1.82) is 0 Å². The van der Waals surface area contributed by atoms with Crippen molar-refractivity contribution in [2.45, 2.75) is 165 Å². The second kappa shape index (κ2) is 14.2. The molecule has 6 heteroatoms. The molecule has 16 aliphatic rings. The van der Waals surface area contributed by atoms with Crippen LogP contribution in [0, 0.1) is 80.8 Å². The molecule has 4 aromatic rings. The predicted octanol–water partition coefficient (Wildman–Crippen LogP) is 15.6. The fraction of sp³-hybridized carbons (Fsp3) is 0.625. The average molecular weight is 937 g/mol. The second-order valence-electron chi connectivity index (χ2n) is 28.5. The number of hydrogen-bond acceptors (Lipinski definition) is 6. The standard InChI is InChI=1S/C64H76N2O4/c65-53-5-3-49(19-55(53)67)69-57-7-1-47(59-21-43-15-44(22-59)32-63(31-43,35-59)61-25-37-9-38(26-61)11-39(10-37)27-61)17-51(57)52-18-48(2-8-58(52)70-50-4-6-54(66)56(68)20-50)60-23-45-16-46(24-60)34-64(33-45,36-60)62-28-40-12-41(29-62)14-42(13-40)30-62/h1-8,17-20,37-46,67-68H,9-16,21-36,65-66H2. The van der Waals surface area contributed by atoms with Crippen molar-refractivity contribution in [1.82, 2.24) is 0 Å². The lowest BCUT2D eigenvalue weighted by atomic mass is 9.32. The second-order valence-corrected chi connectivity index (χ2v) is 28.5. The van der Waals surface area contributed by atoms with Gasteiger partial charge in [-0.25, -0.2) is 0 Å². The van der Waals surface area contributed by atoms with E-state index in [2.05, 4.69) is 36.4 Å². The minimum absolute atomic E-state index is 0.0307. The maximum atomic E-state index is 10.9. The maximum Gasteiger partial charge on any atom is 0.142 e. The molecule has 4 atom stereocenters. The van der Waals surface area contributed by atoms with Crippen LogP contribution in [0.1, 0.15) is 165 Å². The first-order valence-corrected chi connectivity index (χ1v) is 28.7. The lowest BCUT2D eigenvalue weighted by Crippen LogP contribution is -2.63. The Bertz CT molecular complexity index is 2550. The van der Waals surface area contributed by atoms with Crippen molar-refractivity contribution in [2.75, 3.05) is 11.5 Å². The molecule has 4 aromatic carbocycles. The van der Waals surface area contributed by atoms with Crippen molar-refractivity contribution >= 4 is 11.4 Å². The predicted molar refractivity (Wildman–Crippen MR) is 276 cm³/mol. The first kappa shape index (κ1) is 42.2. The molecule has 16 bridgehead atoms. The molecule has 6 nitrogen and oxygen atoms in total. The van der Waals surface area contributed by atoms with Crippen molar-refractivity contribution in [3.8, 4) is 45.6 Å². The van der Waals surface area contributed by atoms with E-state index in [-0.39, 0.29) is 22.3 Å². The van der Waals surface area contributed by atoms with Crippen LogP contribution in [-0.4, -0.2) is 10.2 Å². The molecule has 0 aliphatic heterocycles. The van der Waals surface area contributed by atoms with E-state index >= 15 is 0 Å². The molecule has 16 saturated carbocycles. The fourth-order valence-electron chi connectivity index (χ4n) is 23.7. The van der Waals surface area contributed by atoms with Gasteiger partial charge in [0.25, 0.3) is 0 Å². The van der Waals surface area contributed by atoms with E-state index in [0.717, 1.165) is 81.8 Å². The van der Waals surface area contributed by atoms with E-state index < -0.39 is 0 Å². The van der Waals surface area contributed by atoms with Gasteiger partial charge in [0.05, 0.1) is 11.4 Å². The van der Waals surface area contributed by atoms with Crippen molar-refractivity contribution < 1.29 is 19.7 Å². The van der Waals surface area contributed by atoms with Crippen LogP contribution in [0.2, 0.25) is 0 Å². The van der Waals surface area contributed by atoms with E-state index in [1.807, 2.05) is 12.1 Å². The highest BCUT2D eigenvalue weighted by atomic mass is 16.5. The van der Waals surface area contributed by atoms with Crippen LogP contribution in [0.15, 0.2) is 72.8 Å². The molecule has 70 heavy (non-hydrogen) atoms. The number of benzene rings is 4. The average Bonchev–Trinajstić information content (AvgIpc) is 3.30. The minimum Gasteiger partial charge on any atom is -0.506 e. The van der Waals surface area contributed by atoms with E-state index in [0.29, 0.717) is 44.5 Å². The summed E-state index contributed by atoms with van der Waals surface area (Å²) in [6.45, 7) is 0. The first-order chi connectivity index (χ1) is 33.8. The van der Waals surface area contributed by atoms with E-state index in [1.165, 1.54) is 165 Å². The molecule has 0 spiro atoms. The van der Waals surface area contributed by atoms with Crippen molar-refractivity contribution in [2.24, 2.45) is 80.8 Å². The zero-order chi connectivity index (χ0) is 46.6. The summed E-state index contributed by atoms with van der Waals surface area (Å²) in [6, 6.07) is 25.1. The van der Waals surface area contributed by atoms with Gasteiger partial charge in [-0.1, -0.05) is 12.1 Å². The van der Waals surface area contributed by atoms with Gasteiger partial charge in [0, 0.05) is 23.3 Å². The van der Waals surface area contributed by atoms with Crippen LogP contribution in [-0.2, 0) is 10.8 Å². The molecule has 0 amide bonds. The Balaban J connectivity index is 0.850. The van der Waals surface area contributed by atoms with Gasteiger partial charge >= 0.3 is 0 Å². The summed E-state index contributed by atoms with van der Waals surface area (Å²) in [4.78, 5) is 0. The lowest BCUT2D eigenvalue weighted by Gasteiger charge is -2.72. The molecule has 20 rings (SSSR count). The molecular formula is C64H76N2O4. The Morgan fingerprint density at radius 3 is 1.00 bits per heavy atom. The first-order valence-electron chi connectivity index (χ1n) is 28.7. The normalized spacial score (nSPS) is 44.9. The van der Waals surface area contributed by atoms with Crippen LogP contribution < -0.4 is 20.9 Å². The summed E-state index contributed by atoms with van der Waals surface area (Å²) >= 11 is 0. The summed E-state index contributed by atoms with van der Waals surface area (Å²) in [5, 5.41) is 21.8. The highest BCUT2D eigenvalue weighted by Crippen LogP contribution is 2.79. The number of nitrogens with two attached hydrogens (primary N) is 2. The molecule has 6 N–H and O–H groups in total. The Morgan fingerprint density at radius 2 is 0.671 bits per heavy atom. The smallest absolute Gasteiger partial charge is 0.142 e. The van der Waals surface area contributed by atoms with Crippen LogP contribution in [0.3, 0.4) is 0 Å². The Morgan fingerprint density at radius 1 is 0.357 bits per heavy atom. The van der Waals surface area contributed by atoms with Crippen molar-refractivity contribution in [3.05, 3.63) is 83.9 Å². The Labute approximate surface area is 416 Å². The van der Waals surface area contributed by atoms with Gasteiger partial charge in [-0.05, 0) is 305 Å². The fourth-order valence-corrected chi connectivity index (χ4v) is 23.7. The Kier molecular flexibility index (Phi) is 8.59. The van der Waals surface area contributed by atoms with Gasteiger partial charge in [-0.2, -0.15) is 0 Å². The summed E-state index contributed by atoms with van der Waals surface area (Å²) in [7, 11) is 0. The maximum absolute atomic E-state index is 10.9. The number of phenols is 2. The highest BCUT2D eigenvalue weighted by Gasteiger charge is 2.70. The number of hydrogen-bond donors (Lipinski definition) is 4. The molecule has 0 saturated heterocycles. The zero-order valence-electron chi connectivity index (χ0n) is 41.5. The quantitative estimate of drug-likeness (QED) is 0.0983. The van der Waals surface area contributed by atoms with Crippen LogP contribution in [0.25, 0.3) is 11.1 Å². The summed E-state index contributed by atoms with van der Waals surface area (Å²) < 4.78 is 14.0. The van der Waals surface area contributed by atoms with Gasteiger partial charge < -0.3 is 31.2 Å². The molecule has 0 radical (unpaired) electrons.